The van der Waals surface area contributed by atoms with E-state index in [9.17, 15) is 4.79 Å². The van der Waals surface area contributed by atoms with E-state index in [2.05, 4.69) is 59.7 Å². The molecule has 0 saturated carbocycles. The highest BCUT2D eigenvalue weighted by Gasteiger charge is 2.47. The van der Waals surface area contributed by atoms with E-state index in [1.165, 1.54) is 0 Å². The van der Waals surface area contributed by atoms with Crippen LogP contribution < -0.4 is 4.43 Å². The number of hydrogen-bond donors (Lipinski definition) is 0. The van der Waals surface area contributed by atoms with Gasteiger partial charge in [0, 0.05) is 11.1 Å². The Morgan fingerprint density at radius 3 is 1.74 bits per heavy atom. The van der Waals surface area contributed by atoms with Gasteiger partial charge in [-0.2, -0.15) is 0 Å². The molecule has 0 atom stereocenters. The van der Waals surface area contributed by atoms with Gasteiger partial charge in [-0.25, -0.2) is 0 Å². The molecular weight excluding hydrogens is 396 g/mol. The lowest BCUT2D eigenvalue weighted by Crippen LogP contribution is -2.50. The molecule has 0 spiro atoms. The van der Waals surface area contributed by atoms with Crippen LogP contribution in [0, 0.1) is 0 Å². The van der Waals surface area contributed by atoms with Gasteiger partial charge in [0.15, 0.2) is 5.78 Å². The van der Waals surface area contributed by atoms with Crippen molar-refractivity contribution in [2.75, 3.05) is 0 Å². The van der Waals surface area contributed by atoms with Crippen LogP contribution in [-0.2, 0) is 0 Å². The van der Waals surface area contributed by atoms with Gasteiger partial charge >= 0.3 is 0 Å². The van der Waals surface area contributed by atoms with Crippen molar-refractivity contribution in [2.24, 2.45) is 0 Å². The standard InChI is InChI=1S/C28H34O2Si/c1-20(2)31(21(3)4,22(5)6)30-25-17-18-26(28(29)24-15-11-8-12-16-24)27(19-25)23-13-9-7-10-14-23/h7-22H,1-6H3. The first-order chi connectivity index (χ1) is 14.8. The second-order valence-corrected chi connectivity index (χ2v) is 14.6. The molecule has 0 bridgehead atoms. The molecule has 0 fully saturated rings. The van der Waals surface area contributed by atoms with Crippen LogP contribution in [0.1, 0.15) is 57.5 Å². The lowest BCUT2D eigenvalue weighted by molar-refractivity contribution is 0.103. The van der Waals surface area contributed by atoms with Gasteiger partial charge in [0.05, 0.1) is 0 Å². The molecule has 0 aromatic heterocycles. The van der Waals surface area contributed by atoms with Crippen LogP contribution in [0.2, 0.25) is 16.6 Å². The van der Waals surface area contributed by atoms with E-state index >= 15 is 0 Å². The summed E-state index contributed by atoms with van der Waals surface area (Å²) in [6.07, 6.45) is 0. The third-order valence-electron chi connectivity index (χ3n) is 6.36. The molecule has 0 aliphatic rings. The summed E-state index contributed by atoms with van der Waals surface area (Å²) in [5.74, 6) is 0.900. The lowest BCUT2D eigenvalue weighted by Gasteiger charge is -2.42. The fourth-order valence-electron chi connectivity index (χ4n) is 4.94. The molecule has 0 heterocycles. The van der Waals surface area contributed by atoms with E-state index < -0.39 is 8.32 Å². The minimum atomic E-state index is -2.09. The fourth-order valence-corrected chi connectivity index (χ4v) is 10.2. The van der Waals surface area contributed by atoms with Crippen molar-refractivity contribution >= 4 is 14.1 Å². The topological polar surface area (TPSA) is 26.3 Å². The Morgan fingerprint density at radius 2 is 1.23 bits per heavy atom. The molecule has 0 radical (unpaired) electrons. The molecule has 3 rings (SSSR count). The van der Waals surface area contributed by atoms with E-state index in [4.69, 9.17) is 4.43 Å². The van der Waals surface area contributed by atoms with Crippen LogP contribution in [0.3, 0.4) is 0 Å². The van der Waals surface area contributed by atoms with Crippen molar-refractivity contribution < 1.29 is 9.22 Å². The SMILES string of the molecule is CC(C)[Si](Oc1ccc(C(=O)c2ccccc2)c(-c2ccccc2)c1)(C(C)C)C(C)C. The van der Waals surface area contributed by atoms with Crippen molar-refractivity contribution in [1.82, 2.24) is 0 Å². The highest BCUT2D eigenvalue weighted by atomic mass is 28.4. The van der Waals surface area contributed by atoms with E-state index in [0.717, 1.165) is 16.9 Å². The Balaban J connectivity index is 2.12. The molecule has 0 aliphatic carbocycles. The molecule has 0 amide bonds. The molecule has 162 valence electrons. The van der Waals surface area contributed by atoms with E-state index in [0.29, 0.717) is 27.8 Å². The van der Waals surface area contributed by atoms with Crippen molar-refractivity contribution in [3.05, 3.63) is 90.0 Å². The van der Waals surface area contributed by atoms with Gasteiger partial charge in [-0.3, -0.25) is 4.79 Å². The van der Waals surface area contributed by atoms with Gasteiger partial charge in [0.25, 0.3) is 8.32 Å². The molecule has 3 aromatic rings. The maximum Gasteiger partial charge on any atom is 0.258 e. The Bertz CT molecular complexity index is 986. The largest absolute Gasteiger partial charge is 0.543 e. The summed E-state index contributed by atoms with van der Waals surface area (Å²) >= 11 is 0. The number of carbonyl (C=O) groups excluding carboxylic acids is 1. The van der Waals surface area contributed by atoms with Crippen LogP contribution in [0.15, 0.2) is 78.9 Å². The van der Waals surface area contributed by atoms with Gasteiger partial charge in [-0.05, 0) is 45.9 Å². The second-order valence-electron chi connectivity index (χ2n) is 9.19. The van der Waals surface area contributed by atoms with Crippen LogP contribution in [-0.4, -0.2) is 14.1 Å². The lowest BCUT2D eigenvalue weighted by atomic mass is 9.94. The number of carbonyl (C=O) groups is 1. The summed E-state index contributed by atoms with van der Waals surface area (Å²) in [6, 6.07) is 25.6. The normalized spacial score (nSPS) is 11.9. The molecule has 0 saturated heterocycles. The van der Waals surface area contributed by atoms with Gasteiger partial charge in [0.1, 0.15) is 5.75 Å². The molecule has 0 aliphatic heterocycles. The summed E-state index contributed by atoms with van der Waals surface area (Å²) in [5.41, 5.74) is 4.80. The zero-order valence-corrected chi connectivity index (χ0v) is 20.6. The van der Waals surface area contributed by atoms with Crippen LogP contribution in [0.4, 0.5) is 0 Å². The molecule has 3 aromatic carbocycles. The number of rotatable bonds is 8. The van der Waals surface area contributed by atoms with Crippen molar-refractivity contribution in [3.8, 4) is 16.9 Å². The number of ketones is 1. The first kappa shape index (κ1) is 23.0. The fraction of sp³-hybridized carbons (Fsp3) is 0.321. The number of hydrogen-bond acceptors (Lipinski definition) is 2. The highest BCUT2D eigenvalue weighted by Crippen LogP contribution is 2.43. The molecule has 0 N–H and O–H groups in total. The molecule has 3 heteroatoms. The van der Waals surface area contributed by atoms with E-state index in [1.807, 2.05) is 60.7 Å². The summed E-state index contributed by atoms with van der Waals surface area (Å²) in [5, 5.41) is 0. The summed E-state index contributed by atoms with van der Waals surface area (Å²) in [6.45, 7) is 13.7. The molecule has 2 nitrogen and oxygen atoms in total. The van der Waals surface area contributed by atoms with Crippen molar-refractivity contribution in [2.45, 2.75) is 58.2 Å². The summed E-state index contributed by atoms with van der Waals surface area (Å²) in [7, 11) is -2.09. The zero-order valence-electron chi connectivity index (χ0n) is 19.6. The van der Waals surface area contributed by atoms with Crippen molar-refractivity contribution in [1.29, 1.82) is 0 Å². The van der Waals surface area contributed by atoms with E-state index in [-0.39, 0.29) is 5.78 Å². The zero-order chi connectivity index (χ0) is 22.6. The molecular formula is C28H34O2Si. The first-order valence-electron chi connectivity index (χ1n) is 11.3. The third kappa shape index (κ3) is 4.67. The monoisotopic (exact) mass is 430 g/mol. The minimum Gasteiger partial charge on any atom is -0.543 e. The summed E-state index contributed by atoms with van der Waals surface area (Å²) < 4.78 is 6.92. The highest BCUT2D eigenvalue weighted by molar-refractivity contribution is 6.78. The van der Waals surface area contributed by atoms with Crippen LogP contribution in [0.25, 0.3) is 11.1 Å². The Morgan fingerprint density at radius 1 is 0.710 bits per heavy atom. The van der Waals surface area contributed by atoms with Gasteiger partial charge < -0.3 is 4.43 Å². The van der Waals surface area contributed by atoms with Gasteiger partial charge in [-0.15, -0.1) is 0 Å². The van der Waals surface area contributed by atoms with Crippen molar-refractivity contribution in [3.63, 3.8) is 0 Å². The second kappa shape index (κ2) is 9.65. The minimum absolute atomic E-state index is 0.0334. The average Bonchev–Trinajstić information content (AvgIpc) is 2.77. The third-order valence-corrected chi connectivity index (χ3v) is 12.4. The van der Waals surface area contributed by atoms with Crippen LogP contribution >= 0.6 is 0 Å². The first-order valence-corrected chi connectivity index (χ1v) is 13.4. The molecule has 0 unspecified atom stereocenters. The number of benzene rings is 3. The maximum atomic E-state index is 13.3. The Hall–Kier alpha value is -2.65. The van der Waals surface area contributed by atoms with E-state index in [1.54, 1.807) is 0 Å². The van der Waals surface area contributed by atoms with Crippen LogP contribution in [0.5, 0.6) is 5.75 Å². The Kier molecular flexibility index (Phi) is 7.17. The van der Waals surface area contributed by atoms with Gasteiger partial charge in [0.2, 0.25) is 0 Å². The Labute approximate surface area is 188 Å². The molecule has 31 heavy (non-hydrogen) atoms. The average molecular weight is 431 g/mol. The predicted octanol–water partition coefficient (Wildman–Crippen LogP) is 8.14. The predicted molar refractivity (Wildman–Crippen MR) is 133 cm³/mol. The van der Waals surface area contributed by atoms with Gasteiger partial charge in [-0.1, -0.05) is 102 Å². The maximum absolute atomic E-state index is 13.3. The quantitative estimate of drug-likeness (QED) is 0.266. The smallest absolute Gasteiger partial charge is 0.258 e. The summed E-state index contributed by atoms with van der Waals surface area (Å²) in [4.78, 5) is 13.3.